The van der Waals surface area contributed by atoms with E-state index in [2.05, 4.69) is 29.9 Å². The lowest BCUT2D eigenvalue weighted by Crippen LogP contribution is -2.50. The number of piperazine rings is 1. The standard InChI is InChI=1S/C17H25N7OS2/c1-13(27-17-21-18-12-26-17)16(25)23-9-7-22(8-10-23)11-15-20-19-14-5-3-2-4-6-24(14)15/h12-13H,2-11H2,1H3/t13-/m0/s1. The third-order valence-corrected chi connectivity index (χ3v) is 7.10. The number of carbonyl (C=O) groups is 1. The summed E-state index contributed by atoms with van der Waals surface area (Å²) in [6, 6.07) is 0. The zero-order valence-electron chi connectivity index (χ0n) is 15.6. The minimum absolute atomic E-state index is 0.128. The molecule has 0 saturated carbocycles. The first-order chi connectivity index (χ1) is 13.2. The maximum absolute atomic E-state index is 12.7. The summed E-state index contributed by atoms with van der Waals surface area (Å²) in [7, 11) is 0. The quantitative estimate of drug-likeness (QED) is 0.698. The molecular formula is C17H25N7OS2. The summed E-state index contributed by atoms with van der Waals surface area (Å²) < 4.78 is 3.16. The van der Waals surface area contributed by atoms with E-state index >= 15 is 0 Å². The average Bonchev–Trinajstić information content (AvgIpc) is 3.26. The molecule has 0 spiro atoms. The molecular weight excluding hydrogens is 382 g/mol. The molecule has 27 heavy (non-hydrogen) atoms. The number of fused-ring (bicyclic) bond motifs is 1. The Morgan fingerprint density at radius 3 is 2.78 bits per heavy atom. The Balaban J connectivity index is 1.29. The second-order valence-electron chi connectivity index (χ2n) is 7.06. The normalized spacial score (nSPS) is 19.5. The maximum atomic E-state index is 12.7. The number of aromatic nitrogens is 5. The van der Waals surface area contributed by atoms with Crippen LogP contribution < -0.4 is 0 Å². The smallest absolute Gasteiger partial charge is 0.235 e. The van der Waals surface area contributed by atoms with Crippen LogP contribution in [0.1, 0.15) is 37.8 Å². The van der Waals surface area contributed by atoms with Gasteiger partial charge >= 0.3 is 0 Å². The fourth-order valence-electron chi connectivity index (χ4n) is 3.66. The number of thioether (sulfide) groups is 1. The van der Waals surface area contributed by atoms with Crippen molar-refractivity contribution in [3.63, 3.8) is 0 Å². The van der Waals surface area contributed by atoms with Crippen molar-refractivity contribution in [3.8, 4) is 0 Å². The average molecular weight is 408 g/mol. The summed E-state index contributed by atoms with van der Waals surface area (Å²) in [5.41, 5.74) is 1.70. The predicted octanol–water partition coefficient (Wildman–Crippen LogP) is 1.68. The zero-order chi connectivity index (χ0) is 18.6. The van der Waals surface area contributed by atoms with Crippen LogP contribution in [0.2, 0.25) is 0 Å². The van der Waals surface area contributed by atoms with Crippen molar-refractivity contribution >= 4 is 29.0 Å². The monoisotopic (exact) mass is 407 g/mol. The van der Waals surface area contributed by atoms with E-state index in [1.165, 1.54) is 42.4 Å². The molecule has 1 atom stereocenters. The molecule has 2 aliphatic heterocycles. The molecule has 2 aromatic rings. The van der Waals surface area contributed by atoms with Crippen LogP contribution in [0.4, 0.5) is 0 Å². The number of aryl methyl sites for hydroxylation is 1. The Morgan fingerprint density at radius 2 is 2.00 bits per heavy atom. The van der Waals surface area contributed by atoms with E-state index in [1.54, 1.807) is 5.51 Å². The SMILES string of the molecule is C[C@H](Sc1nncs1)C(=O)N1CCN(Cc2nnc3n2CCCCC3)CC1. The summed E-state index contributed by atoms with van der Waals surface area (Å²) in [6.07, 6.45) is 4.74. The summed E-state index contributed by atoms with van der Waals surface area (Å²) in [4.78, 5) is 17.0. The molecule has 10 heteroatoms. The molecule has 0 unspecified atom stereocenters. The van der Waals surface area contributed by atoms with Gasteiger partial charge in [0.25, 0.3) is 0 Å². The lowest BCUT2D eigenvalue weighted by molar-refractivity contribution is -0.132. The highest BCUT2D eigenvalue weighted by molar-refractivity contribution is 8.02. The molecule has 0 aliphatic carbocycles. The third kappa shape index (κ3) is 4.49. The van der Waals surface area contributed by atoms with Crippen molar-refractivity contribution in [2.45, 2.75) is 55.3 Å². The van der Waals surface area contributed by atoms with E-state index < -0.39 is 0 Å². The molecule has 0 radical (unpaired) electrons. The Bertz CT molecular complexity index is 755. The lowest BCUT2D eigenvalue weighted by Gasteiger charge is -2.35. The molecule has 1 fully saturated rings. The van der Waals surface area contributed by atoms with Gasteiger partial charge in [0.15, 0.2) is 4.34 Å². The summed E-state index contributed by atoms with van der Waals surface area (Å²) in [5.74, 6) is 2.40. The number of hydrogen-bond acceptors (Lipinski definition) is 8. The number of nitrogens with zero attached hydrogens (tertiary/aromatic N) is 7. The largest absolute Gasteiger partial charge is 0.339 e. The van der Waals surface area contributed by atoms with Crippen LogP contribution >= 0.6 is 23.1 Å². The number of rotatable bonds is 5. The number of carbonyl (C=O) groups excluding carboxylic acids is 1. The van der Waals surface area contributed by atoms with Gasteiger partial charge < -0.3 is 9.47 Å². The van der Waals surface area contributed by atoms with Gasteiger partial charge in [0.1, 0.15) is 17.2 Å². The maximum Gasteiger partial charge on any atom is 0.235 e. The van der Waals surface area contributed by atoms with Crippen molar-refractivity contribution in [3.05, 3.63) is 17.2 Å². The number of amides is 1. The van der Waals surface area contributed by atoms with E-state index in [-0.39, 0.29) is 11.2 Å². The Morgan fingerprint density at radius 1 is 1.15 bits per heavy atom. The van der Waals surface area contributed by atoms with E-state index in [4.69, 9.17) is 0 Å². The van der Waals surface area contributed by atoms with Crippen LogP contribution in [-0.2, 0) is 24.3 Å². The fraction of sp³-hybridized carbons (Fsp3) is 0.706. The van der Waals surface area contributed by atoms with Gasteiger partial charge in [-0.15, -0.1) is 20.4 Å². The van der Waals surface area contributed by atoms with Gasteiger partial charge in [0, 0.05) is 39.1 Å². The Labute approximate surface area is 167 Å². The molecule has 4 heterocycles. The van der Waals surface area contributed by atoms with Gasteiger partial charge in [0.2, 0.25) is 5.91 Å². The summed E-state index contributed by atoms with van der Waals surface area (Å²) >= 11 is 2.97. The van der Waals surface area contributed by atoms with Crippen molar-refractivity contribution in [2.75, 3.05) is 26.2 Å². The molecule has 1 saturated heterocycles. The van der Waals surface area contributed by atoms with Crippen molar-refractivity contribution in [1.82, 2.24) is 34.8 Å². The van der Waals surface area contributed by atoms with Gasteiger partial charge in [-0.1, -0.05) is 29.5 Å². The second-order valence-corrected chi connectivity index (χ2v) is 9.48. The van der Waals surface area contributed by atoms with Crippen molar-refractivity contribution in [1.29, 1.82) is 0 Å². The van der Waals surface area contributed by atoms with Gasteiger partial charge in [-0.3, -0.25) is 9.69 Å². The lowest BCUT2D eigenvalue weighted by atomic mass is 10.2. The number of hydrogen-bond donors (Lipinski definition) is 0. The van der Waals surface area contributed by atoms with Gasteiger partial charge in [0.05, 0.1) is 11.8 Å². The highest BCUT2D eigenvalue weighted by Gasteiger charge is 2.27. The van der Waals surface area contributed by atoms with Crippen LogP contribution in [0.3, 0.4) is 0 Å². The molecule has 0 N–H and O–H groups in total. The van der Waals surface area contributed by atoms with E-state index in [1.807, 2.05) is 11.8 Å². The van der Waals surface area contributed by atoms with Crippen molar-refractivity contribution < 1.29 is 4.79 Å². The van der Waals surface area contributed by atoms with Crippen LogP contribution in [0, 0.1) is 0 Å². The molecule has 0 bridgehead atoms. The van der Waals surface area contributed by atoms with Gasteiger partial charge in [-0.25, -0.2) is 0 Å². The van der Waals surface area contributed by atoms with Crippen LogP contribution in [0.25, 0.3) is 0 Å². The first kappa shape index (κ1) is 18.8. The second kappa shape index (κ2) is 8.66. The molecule has 146 valence electrons. The minimum Gasteiger partial charge on any atom is -0.339 e. The zero-order valence-corrected chi connectivity index (χ0v) is 17.2. The Hall–Kier alpha value is -1.52. The topological polar surface area (TPSA) is 80.0 Å². The molecule has 1 amide bonds. The first-order valence-electron chi connectivity index (χ1n) is 9.55. The molecule has 4 rings (SSSR count). The van der Waals surface area contributed by atoms with Gasteiger partial charge in [-0.2, -0.15) is 0 Å². The predicted molar refractivity (Wildman–Crippen MR) is 105 cm³/mol. The molecule has 0 aromatic carbocycles. The summed E-state index contributed by atoms with van der Waals surface area (Å²) in [5, 5.41) is 16.5. The Kier molecular flexibility index (Phi) is 6.04. The van der Waals surface area contributed by atoms with E-state index in [0.29, 0.717) is 0 Å². The highest BCUT2D eigenvalue weighted by atomic mass is 32.2. The molecule has 8 nitrogen and oxygen atoms in total. The van der Waals surface area contributed by atoms with Crippen LogP contribution in [0.15, 0.2) is 9.85 Å². The first-order valence-corrected chi connectivity index (χ1v) is 11.3. The third-order valence-electron chi connectivity index (χ3n) is 5.20. The van der Waals surface area contributed by atoms with Crippen LogP contribution in [0.5, 0.6) is 0 Å². The molecule has 2 aliphatic rings. The highest BCUT2D eigenvalue weighted by Crippen LogP contribution is 2.25. The van der Waals surface area contributed by atoms with Crippen LogP contribution in [-0.4, -0.2) is 72.1 Å². The minimum atomic E-state index is -0.128. The van der Waals surface area contributed by atoms with Gasteiger partial charge in [-0.05, 0) is 19.8 Å². The van der Waals surface area contributed by atoms with E-state index in [9.17, 15) is 4.79 Å². The van der Waals surface area contributed by atoms with E-state index in [0.717, 1.165) is 61.7 Å². The van der Waals surface area contributed by atoms with Crippen molar-refractivity contribution in [2.24, 2.45) is 0 Å². The summed E-state index contributed by atoms with van der Waals surface area (Å²) in [6.45, 7) is 7.10. The molecule has 2 aromatic heterocycles. The fourth-order valence-corrected chi connectivity index (χ4v) is 5.37.